The maximum Gasteiger partial charge on any atom is 2.00 e. The van der Waals surface area contributed by atoms with Crippen molar-refractivity contribution in [3.8, 4) is 22.6 Å². The molecule has 0 aliphatic carbocycles. The van der Waals surface area contributed by atoms with Crippen LogP contribution in [0.2, 0.25) is 0 Å². The number of rotatable bonds is 5. The molecule has 41 heavy (non-hydrogen) atoms. The predicted octanol–water partition coefficient (Wildman–Crippen LogP) is 9.47. The van der Waals surface area contributed by atoms with E-state index in [0.29, 0.717) is 11.1 Å². The van der Waals surface area contributed by atoms with Gasteiger partial charge in [-0.15, -0.1) is 0 Å². The number of hydrogen-bond donors (Lipinski definition) is 2. The van der Waals surface area contributed by atoms with Crippen molar-refractivity contribution in [3.63, 3.8) is 0 Å². The van der Waals surface area contributed by atoms with Crippen LogP contribution in [-0.4, -0.2) is 22.6 Å². The van der Waals surface area contributed by atoms with Crippen LogP contribution in [0.3, 0.4) is 0 Å². The van der Waals surface area contributed by atoms with Gasteiger partial charge in [-0.1, -0.05) is 84.9 Å². The van der Waals surface area contributed by atoms with Crippen LogP contribution in [0.1, 0.15) is 11.1 Å². The number of fused-ring (bicyclic) bond motifs is 2. The fourth-order valence-electron chi connectivity index (χ4n) is 4.73. The third-order valence-electron chi connectivity index (χ3n) is 6.62. The van der Waals surface area contributed by atoms with Gasteiger partial charge in [-0.05, 0) is 57.9 Å². The Morgan fingerprint density at radius 3 is 1.22 bits per heavy atom. The Morgan fingerprint density at radius 2 is 0.805 bits per heavy atom. The van der Waals surface area contributed by atoms with E-state index in [4.69, 9.17) is 9.98 Å². The first-order chi connectivity index (χ1) is 18.7. The van der Waals surface area contributed by atoms with Gasteiger partial charge in [0, 0.05) is 34.7 Å². The molecule has 0 unspecified atom stereocenters. The number of nitrogens with zero attached hydrogens (tertiary/aromatic N) is 2. The van der Waals surface area contributed by atoms with E-state index in [-0.39, 0.29) is 52.6 Å². The predicted molar refractivity (Wildman–Crippen MR) is 170 cm³/mol. The monoisotopic (exact) mass is 612 g/mol. The number of aliphatic imine (C=N–C) groups is 2. The number of aromatic hydroxyl groups is 2. The van der Waals surface area contributed by atoms with Crippen LogP contribution in [0.4, 0.5) is 11.4 Å². The molecule has 6 aromatic carbocycles. The minimum absolute atomic E-state index is 0. The van der Waals surface area contributed by atoms with Crippen molar-refractivity contribution >= 4 is 45.3 Å². The number of para-hydroxylation sites is 2. The molecule has 0 spiro atoms. The van der Waals surface area contributed by atoms with Gasteiger partial charge in [0.15, 0.2) is 0 Å². The van der Waals surface area contributed by atoms with Gasteiger partial charge >= 0.3 is 26.2 Å². The number of phenolic OH excluding ortho intramolecular Hbond substituents is 2. The molecule has 0 saturated heterocycles. The van der Waals surface area contributed by atoms with Crippen molar-refractivity contribution in [1.29, 1.82) is 0 Å². The molecule has 0 bridgehead atoms. The zero-order valence-corrected chi connectivity index (χ0v) is 25.4. The number of benzene rings is 6. The van der Waals surface area contributed by atoms with Gasteiger partial charge in [-0.25, -0.2) is 0 Å². The Balaban J connectivity index is 0.00000154. The van der Waals surface area contributed by atoms with Crippen LogP contribution in [0.5, 0.6) is 11.5 Å². The Hall–Kier alpha value is -4.34. The first kappa shape index (κ1) is 31.2. The van der Waals surface area contributed by atoms with Crippen molar-refractivity contribution in [2.45, 2.75) is 0 Å². The average molecular weight is 614 g/mol. The van der Waals surface area contributed by atoms with Gasteiger partial charge in [0.2, 0.25) is 0 Å². The summed E-state index contributed by atoms with van der Waals surface area (Å²) in [7, 11) is 0. The van der Waals surface area contributed by atoms with Crippen LogP contribution in [0.15, 0.2) is 131 Å². The molecule has 0 fully saturated rings. The zero-order valence-electron chi connectivity index (χ0n) is 23.0. The van der Waals surface area contributed by atoms with Gasteiger partial charge in [-0.2, -0.15) is 0 Å². The zero-order chi connectivity index (χ0) is 25.9. The van der Waals surface area contributed by atoms with Gasteiger partial charge in [0.05, 0.1) is 11.4 Å². The van der Waals surface area contributed by atoms with Crippen molar-refractivity contribution in [2.24, 2.45) is 9.98 Å². The summed E-state index contributed by atoms with van der Waals surface area (Å²) in [6.45, 7) is 0. The molecule has 0 aliphatic rings. The molecular weight excluding hydrogens is 584 g/mol. The van der Waals surface area contributed by atoms with Crippen LogP contribution in [0, 0.1) is 14.9 Å². The second-order valence-electron chi connectivity index (χ2n) is 9.00. The summed E-state index contributed by atoms with van der Waals surface area (Å²) < 4.78 is 0. The van der Waals surface area contributed by atoms with E-state index in [1.807, 2.05) is 60.7 Å². The summed E-state index contributed by atoms with van der Waals surface area (Å²) >= 11 is 0. The molecule has 0 saturated carbocycles. The Kier molecular flexibility index (Phi) is 10.5. The van der Waals surface area contributed by atoms with E-state index in [0.717, 1.165) is 44.0 Å². The third kappa shape index (κ3) is 6.37. The summed E-state index contributed by atoms with van der Waals surface area (Å²) in [4.78, 5) is 9.73. The van der Waals surface area contributed by atoms with Gasteiger partial charge in [-0.3, -0.25) is 9.98 Å². The molecule has 0 aromatic heterocycles. The molecule has 200 valence electrons. The minimum Gasteiger partial charge on any atom is -0.507 e. The smallest absolute Gasteiger partial charge is 0.507 e. The molecule has 4 nitrogen and oxygen atoms in total. The quantitative estimate of drug-likeness (QED) is 0.150. The first-order valence-electron chi connectivity index (χ1n) is 12.4. The fraction of sp³-hybridized carbons (Fsp3) is 0. The molecular formula is C36H30N2O2Zr. The van der Waals surface area contributed by atoms with Gasteiger partial charge in [0.1, 0.15) is 11.5 Å². The summed E-state index contributed by atoms with van der Waals surface area (Å²) in [5.74, 6) is 0.355. The van der Waals surface area contributed by atoms with Crippen molar-refractivity contribution in [3.05, 3.63) is 147 Å². The molecule has 0 radical (unpaired) electrons. The fourth-order valence-corrected chi connectivity index (χ4v) is 4.73. The average Bonchev–Trinajstić information content (AvgIpc) is 2.96. The minimum atomic E-state index is 0. The third-order valence-corrected chi connectivity index (χ3v) is 6.62. The van der Waals surface area contributed by atoms with E-state index >= 15 is 0 Å². The second-order valence-corrected chi connectivity index (χ2v) is 9.00. The van der Waals surface area contributed by atoms with Crippen LogP contribution in [0.25, 0.3) is 32.7 Å². The van der Waals surface area contributed by atoms with Gasteiger partial charge < -0.3 is 25.1 Å². The Morgan fingerprint density at radius 1 is 0.439 bits per heavy atom. The number of phenols is 2. The summed E-state index contributed by atoms with van der Waals surface area (Å²) in [6, 6.07) is 38.9. The maximum absolute atomic E-state index is 10.3. The van der Waals surface area contributed by atoms with E-state index in [1.165, 1.54) is 0 Å². The van der Waals surface area contributed by atoms with E-state index in [9.17, 15) is 10.2 Å². The largest absolute Gasteiger partial charge is 2.00 e. The van der Waals surface area contributed by atoms with Crippen molar-refractivity contribution in [1.82, 2.24) is 0 Å². The molecule has 6 aromatic rings. The molecule has 2 N–H and O–H groups in total. The maximum atomic E-state index is 10.3. The topological polar surface area (TPSA) is 65.2 Å². The normalized spacial score (nSPS) is 10.8. The molecule has 5 heteroatoms. The summed E-state index contributed by atoms with van der Waals surface area (Å²) in [5, 5.41) is 24.9. The first-order valence-corrected chi connectivity index (χ1v) is 12.4. The Labute approximate surface area is 260 Å². The Bertz CT molecular complexity index is 1720. The standard InChI is InChI=1S/C34H24N2O2.2CH3.Zr/c37-31-15-7-3-11-25(31)21-35-29-19-17-23-9-1-5-13-27(23)33(29)34-28-14-6-2-10-24(28)18-20-30(34)36-22-26-12-4-8-16-32(26)38;;;/h1-22,37-38H;2*1H3;/q;2*-1;+2. The molecule has 0 heterocycles. The van der Waals surface area contributed by atoms with E-state index in [1.54, 1.807) is 36.7 Å². The van der Waals surface area contributed by atoms with Crippen LogP contribution in [-0.2, 0) is 26.2 Å². The number of hydrogen-bond acceptors (Lipinski definition) is 4. The SMILES string of the molecule is Oc1ccccc1C=Nc1ccc2ccccc2c1-c1c(N=Cc2ccccc2O)ccc2ccccc12.[CH3-].[CH3-].[Zr+2]. The van der Waals surface area contributed by atoms with E-state index in [2.05, 4.69) is 36.4 Å². The van der Waals surface area contributed by atoms with Gasteiger partial charge in [0.25, 0.3) is 0 Å². The molecule has 6 rings (SSSR count). The van der Waals surface area contributed by atoms with Crippen molar-refractivity contribution in [2.75, 3.05) is 0 Å². The molecule has 0 amide bonds. The second kappa shape index (κ2) is 13.8. The molecule has 0 atom stereocenters. The van der Waals surface area contributed by atoms with Crippen molar-refractivity contribution < 1.29 is 36.4 Å². The van der Waals surface area contributed by atoms with E-state index < -0.39 is 0 Å². The summed E-state index contributed by atoms with van der Waals surface area (Å²) in [6.07, 6.45) is 3.39. The van der Waals surface area contributed by atoms with Crippen LogP contribution >= 0.6 is 0 Å². The molecule has 0 aliphatic heterocycles. The summed E-state index contributed by atoms with van der Waals surface area (Å²) in [5.41, 5.74) is 4.72. The van der Waals surface area contributed by atoms with Crippen LogP contribution < -0.4 is 0 Å².